The second kappa shape index (κ2) is 5.04. The van der Waals surface area contributed by atoms with E-state index < -0.39 is 0 Å². The Bertz CT molecular complexity index is 383. The Morgan fingerprint density at radius 3 is 2.71 bits per heavy atom. The van der Waals surface area contributed by atoms with E-state index in [1.165, 1.54) is 41.3 Å². The van der Waals surface area contributed by atoms with E-state index in [4.69, 9.17) is 9.72 Å². The van der Waals surface area contributed by atoms with Gasteiger partial charge >= 0.3 is 0 Å². The molecule has 3 rings (SSSR count). The fraction of sp³-hybridized carbons (Fsp3) is 0.769. The molecule has 17 heavy (non-hydrogen) atoms. The highest BCUT2D eigenvalue weighted by Gasteiger charge is 2.33. The Balaban J connectivity index is 1.63. The van der Waals surface area contributed by atoms with Gasteiger partial charge in [-0.05, 0) is 25.7 Å². The lowest BCUT2D eigenvalue weighted by Gasteiger charge is -2.03. The fourth-order valence-corrected chi connectivity index (χ4v) is 3.36. The molecule has 1 aromatic heterocycles. The molecule has 0 saturated heterocycles. The lowest BCUT2D eigenvalue weighted by Crippen LogP contribution is -2.18. The first-order valence-corrected chi connectivity index (χ1v) is 7.39. The maximum atomic E-state index is 5.05. The molecule has 0 amide bonds. The van der Waals surface area contributed by atoms with Crippen molar-refractivity contribution in [2.75, 3.05) is 20.3 Å². The van der Waals surface area contributed by atoms with Gasteiger partial charge in [-0.15, -0.1) is 11.3 Å². The molecule has 0 radical (unpaired) electrons. The molecule has 1 aromatic rings. The smallest absolute Gasteiger partial charge is 0.0962 e. The first kappa shape index (κ1) is 11.6. The van der Waals surface area contributed by atoms with E-state index in [2.05, 4.69) is 5.32 Å². The summed E-state index contributed by atoms with van der Waals surface area (Å²) in [5.74, 6) is 1.57. The van der Waals surface area contributed by atoms with Crippen molar-refractivity contribution in [1.82, 2.24) is 10.3 Å². The lowest BCUT2D eigenvalue weighted by atomic mass is 10.2. The Hall–Kier alpha value is -0.450. The number of nitrogens with one attached hydrogen (secondary N) is 1. The molecule has 0 unspecified atom stereocenters. The minimum Gasteiger partial charge on any atom is -0.383 e. The fourth-order valence-electron chi connectivity index (χ4n) is 2.07. The van der Waals surface area contributed by atoms with Gasteiger partial charge in [-0.3, -0.25) is 0 Å². The van der Waals surface area contributed by atoms with Crippen molar-refractivity contribution >= 4 is 11.3 Å². The van der Waals surface area contributed by atoms with E-state index in [0.717, 1.165) is 31.5 Å². The predicted octanol–water partition coefficient (Wildman–Crippen LogP) is 2.63. The summed E-state index contributed by atoms with van der Waals surface area (Å²) in [5, 5.41) is 4.84. The van der Waals surface area contributed by atoms with Gasteiger partial charge in [0.15, 0.2) is 0 Å². The van der Waals surface area contributed by atoms with Crippen LogP contribution in [-0.2, 0) is 11.3 Å². The topological polar surface area (TPSA) is 34.1 Å². The number of thiazole rings is 1. The van der Waals surface area contributed by atoms with Gasteiger partial charge in [0.2, 0.25) is 0 Å². The molecule has 0 aromatic carbocycles. The summed E-state index contributed by atoms with van der Waals surface area (Å²) in [5.41, 5.74) is 1.40. The van der Waals surface area contributed by atoms with Crippen molar-refractivity contribution in [2.45, 2.75) is 44.1 Å². The van der Waals surface area contributed by atoms with Crippen molar-refractivity contribution in [2.24, 2.45) is 0 Å². The van der Waals surface area contributed by atoms with E-state index in [9.17, 15) is 0 Å². The molecule has 1 N–H and O–H groups in total. The maximum Gasteiger partial charge on any atom is 0.0962 e. The summed E-state index contributed by atoms with van der Waals surface area (Å²) in [4.78, 5) is 6.36. The van der Waals surface area contributed by atoms with Gasteiger partial charge in [0.05, 0.1) is 17.3 Å². The van der Waals surface area contributed by atoms with Crippen molar-refractivity contribution < 1.29 is 4.74 Å². The number of methoxy groups -OCH3 is 1. The third-order valence-electron chi connectivity index (χ3n) is 3.40. The molecule has 4 heteroatoms. The number of ether oxygens (including phenoxy) is 1. The van der Waals surface area contributed by atoms with Crippen LogP contribution in [0.5, 0.6) is 0 Å². The van der Waals surface area contributed by atoms with Crippen molar-refractivity contribution in [1.29, 1.82) is 0 Å². The molecule has 1 heterocycles. The maximum absolute atomic E-state index is 5.05. The standard InChI is InChI=1S/C13H20N2OS/c1-16-7-6-14-8-11-12(9-2-3-9)15-13(17-11)10-4-5-10/h9-10,14H,2-8H2,1H3. The van der Waals surface area contributed by atoms with Crippen LogP contribution in [0, 0.1) is 0 Å². The molecule has 0 bridgehead atoms. The summed E-state index contributed by atoms with van der Waals surface area (Å²) in [6.45, 7) is 2.68. The Morgan fingerprint density at radius 2 is 2.06 bits per heavy atom. The molecule has 2 aliphatic carbocycles. The first-order chi connectivity index (χ1) is 8.38. The van der Waals surface area contributed by atoms with Crippen LogP contribution in [0.2, 0.25) is 0 Å². The summed E-state index contributed by atoms with van der Waals surface area (Å²) < 4.78 is 5.05. The first-order valence-electron chi connectivity index (χ1n) is 6.57. The predicted molar refractivity (Wildman–Crippen MR) is 69.6 cm³/mol. The highest BCUT2D eigenvalue weighted by molar-refractivity contribution is 7.11. The van der Waals surface area contributed by atoms with Gasteiger partial charge in [-0.1, -0.05) is 0 Å². The Labute approximate surface area is 107 Å². The van der Waals surface area contributed by atoms with E-state index in [1.54, 1.807) is 7.11 Å². The van der Waals surface area contributed by atoms with E-state index in [0.29, 0.717) is 0 Å². The van der Waals surface area contributed by atoms with E-state index in [-0.39, 0.29) is 0 Å². The second-order valence-electron chi connectivity index (χ2n) is 5.08. The van der Waals surface area contributed by atoms with Crippen LogP contribution in [0.25, 0.3) is 0 Å². The van der Waals surface area contributed by atoms with Crippen LogP contribution >= 0.6 is 11.3 Å². The van der Waals surface area contributed by atoms with Crippen LogP contribution in [-0.4, -0.2) is 25.2 Å². The van der Waals surface area contributed by atoms with Gasteiger partial charge in [-0.25, -0.2) is 4.98 Å². The average molecular weight is 252 g/mol. The van der Waals surface area contributed by atoms with Gasteiger partial charge in [0, 0.05) is 36.9 Å². The highest BCUT2D eigenvalue weighted by atomic mass is 32.1. The van der Waals surface area contributed by atoms with Crippen LogP contribution in [0.1, 0.15) is 53.1 Å². The molecule has 0 atom stereocenters. The lowest BCUT2D eigenvalue weighted by molar-refractivity contribution is 0.199. The Kier molecular flexibility index (Phi) is 3.45. The molecule has 2 fully saturated rings. The third kappa shape index (κ3) is 2.87. The van der Waals surface area contributed by atoms with Gasteiger partial charge in [0.25, 0.3) is 0 Å². The zero-order valence-electron chi connectivity index (χ0n) is 10.4. The summed E-state index contributed by atoms with van der Waals surface area (Å²) in [7, 11) is 1.75. The zero-order valence-corrected chi connectivity index (χ0v) is 11.2. The van der Waals surface area contributed by atoms with E-state index >= 15 is 0 Å². The largest absolute Gasteiger partial charge is 0.383 e. The Morgan fingerprint density at radius 1 is 1.29 bits per heavy atom. The van der Waals surface area contributed by atoms with Crippen LogP contribution in [0.15, 0.2) is 0 Å². The SMILES string of the molecule is COCCNCc1sc(C2CC2)nc1C1CC1. The number of rotatable bonds is 7. The second-order valence-corrected chi connectivity index (χ2v) is 6.19. The monoisotopic (exact) mass is 252 g/mol. The molecule has 3 nitrogen and oxygen atoms in total. The molecule has 94 valence electrons. The zero-order chi connectivity index (χ0) is 11.7. The summed E-state index contributed by atoms with van der Waals surface area (Å²) >= 11 is 1.94. The van der Waals surface area contributed by atoms with Crippen LogP contribution in [0.3, 0.4) is 0 Å². The normalized spacial score (nSPS) is 19.8. The molecule has 0 spiro atoms. The van der Waals surface area contributed by atoms with Crippen molar-refractivity contribution in [3.63, 3.8) is 0 Å². The number of aromatic nitrogens is 1. The molecule has 2 aliphatic rings. The minimum absolute atomic E-state index is 0.776. The minimum atomic E-state index is 0.776. The quantitative estimate of drug-likeness (QED) is 0.758. The molecule has 2 saturated carbocycles. The van der Waals surface area contributed by atoms with Crippen LogP contribution in [0.4, 0.5) is 0 Å². The number of hydrogen-bond donors (Lipinski definition) is 1. The van der Waals surface area contributed by atoms with Crippen LogP contribution < -0.4 is 5.32 Å². The molecular weight excluding hydrogens is 232 g/mol. The van der Waals surface area contributed by atoms with Gasteiger partial charge in [-0.2, -0.15) is 0 Å². The van der Waals surface area contributed by atoms with Crippen molar-refractivity contribution in [3.05, 3.63) is 15.6 Å². The molecular formula is C13H20N2OS. The van der Waals surface area contributed by atoms with Gasteiger partial charge in [0.1, 0.15) is 0 Å². The number of hydrogen-bond acceptors (Lipinski definition) is 4. The molecule has 0 aliphatic heterocycles. The summed E-state index contributed by atoms with van der Waals surface area (Å²) in [6.07, 6.45) is 5.40. The van der Waals surface area contributed by atoms with Gasteiger partial charge < -0.3 is 10.1 Å². The average Bonchev–Trinajstić information content (AvgIpc) is 3.23. The highest BCUT2D eigenvalue weighted by Crippen LogP contribution is 2.47. The number of nitrogens with zero attached hydrogens (tertiary/aromatic N) is 1. The third-order valence-corrected chi connectivity index (χ3v) is 4.64. The van der Waals surface area contributed by atoms with Crippen molar-refractivity contribution in [3.8, 4) is 0 Å². The summed E-state index contributed by atoms with van der Waals surface area (Å²) in [6, 6.07) is 0. The van der Waals surface area contributed by atoms with E-state index in [1.807, 2.05) is 11.3 Å².